The van der Waals surface area contributed by atoms with Crippen molar-refractivity contribution in [3.63, 3.8) is 0 Å². The van der Waals surface area contributed by atoms with Crippen molar-refractivity contribution in [2.24, 2.45) is 0 Å². The predicted octanol–water partition coefficient (Wildman–Crippen LogP) is 7.92. The summed E-state index contributed by atoms with van der Waals surface area (Å²) >= 11 is 6.57. The van der Waals surface area contributed by atoms with Crippen molar-refractivity contribution in [3.05, 3.63) is 89.0 Å². The maximum atomic E-state index is 10.7. The van der Waals surface area contributed by atoms with Crippen LogP contribution in [-0.4, -0.2) is 5.11 Å². The molecular weight excluding hydrogens is 364 g/mol. The molecule has 140 valence electrons. The molecule has 0 radical (unpaired) electrons. The zero-order chi connectivity index (χ0) is 19.7. The van der Waals surface area contributed by atoms with Gasteiger partial charge in [0, 0.05) is 16.1 Å². The van der Waals surface area contributed by atoms with Gasteiger partial charge in [-0.25, -0.2) is 0 Å². The third kappa shape index (κ3) is 3.76. The average Bonchev–Trinajstić information content (AvgIpc) is 2.67. The van der Waals surface area contributed by atoms with Crippen LogP contribution in [0.3, 0.4) is 0 Å². The first-order valence-electron chi connectivity index (χ1n) is 9.59. The van der Waals surface area contributed by atoms with Crippen LogP contribution in [-0.2, 0) is 6.42 Å². The van der Waals surface area contributed by atoms with Crippen molar-refractivity contribution in [3.8, 4) is 16.9 Å². The highest BCUT2D eigenvalue weighted by atomic mass is 35.5. The van der Waals surface area contributed by atoms with Crippen LogP contribution >= 0.6 is 11.6 Å². The Hall–Kier alpha value is -2.77. The Morgan fingerprint density at radius 2 is 1.50 bits per heavy atom. The molecule has 4 aromatic rings. The minimum absolute atomic E-state index is 0.252. The Labute approximate surface area is 170 Å². The van der Waals surface area contributed by atoms with E-state index in [9.17, 15) is 5.11 Å². The molecule has 0 fully saturated rings. The lowest BCUT2D eigenvalue weighted by atomic mass is 9.96. The van der Waals surface area contributed by atoms with Crippen molar-refractivity contribution in [2.75, 3.05) is 0 Å². The molecule has 2 heteroatoms. The van der Waals surface area contributed by atoms with E-state index in [4.69, 9.17) is 11.6 Å². The molecule has 4 rings (SSSR count). The van der Waals surface area contributed by atoms with Gasteiger partial charge in [-0.1, -0.05) is 65.7 Å². The highest BCUT2D eigenvalue weighted by Crippen LogP contribution is 2.39. The van der Waals surface area contributed by atoms with Crippen molar-refractivity contribution in [1.29, 1.82) is 0 Å². The monoisotopic (exact) mass is 386 g/mol. The molecule has 0 amide bonds. The van der Waals surface area contributed by atoms with Crippen LogP contribution in [0, 0.1) is 0 Å². The highest BCUT2D eigenvalue weighted by molar-refractivity contribution is 6.34. The Balaban J connectivity index is 1.79. The topological polar surface area (TPSA) is 20.2 Å². The molecule has 0 aliphatic carbocycles. The maximum absolute atomic E-state index is 10.7. The fourth-order valence-corrected chi connectivity index (χ4v) is 3.93. The minimum Gasteiger partial charge on any atom is -0.507 e. The summed E-state index contributed by atoms with van der Waals surface area (Å²) in [7, 11) is 0. The molecule has 0 aliphatic heterocycles. The third-order valence-corrected chi connectivity index (χ3v) is 5.44. The van der Waals surface area contributed by atoms with Gasteiger partial charge < -0.3 is 5.11 Å². The molecule has 28 heavy (non-hydrogen) atoms. The highest BCUT2D eigenvalue weighted by Gasteiger charge is 2.12. The summed E-state index contributed by atoms with van der Waals surface area (Å²) in [5.41, 5.74) is 4.27. The molecule has 0 unspecified atom stereocenters. The quantitative estimate of drug-likeness (QED) is 0.353. The second kappa shape index (κ2) is 7.69. The Kier molecular flexibility index (Phi) is 5.11. The lowest BCUT2D eigenvalue weighted by molar-refractivity contribution is 0.478. The molecule has 0 aromatic heterocycles. The van der Waals surface area contributed by atoms with E-state index in [0.29, 0.717) is 5.02 Å². The van der Waals surface area contributed by atoms with Crippen molar-refractivity contribution in [2.45, 2.75) is 26.7 Å². The van der Waals surface area contributed by atoms with Gasteiger partial charge in [-0.3, -0.25) is 0 Å². The van der Waals surface area contributed by atoms with E-state index in [1.165, 1.54) is 11.1 Å². The van der Waals surface area contributed by atoms with Crippen molar-refractivity contribution in [1.82, 2.24) is 0 Å². The number of phenolic OH excluding ortho intramolecular Hbond substituents is 1. The molecule has 0 bridgehead atoms. The van der Waals surface area contributed by atoms with Crippen LogP contribution in [0.1, 0.15) is 25.8 Å². The van der Waals surface area contributed by atoms with E-state index in [-0.39, 0.29) is 5.75 Å². The van der Waals surface area contributed by atoms with Gasteiger partial charge in [0.2, 0.25) is 0 Å². The number of aromatic hydroxyl groups is 1. The van der Waals surface area contributed by atoms with Crippen LogP contribution in [0.2, 0.25) is 5.02 Å². The van der Waals surface area contributed by atoms with Gasteiger partial charge in [-0.05, 0) is 78.1 Å². The van der Waals surface area contributed by atoms with Crippen molar-refractivity contribution < 1.29 is 5.11 Å². The lowest BCUT2D eigenvalue weighted by Gasteiger charge is -2.12. The summed E-state index contributed by atoms with van der Waals surface area (Å²) in [6.45, 7) is 4.26. The van der Waals surface area contributed by atoms with Gasteiger partial charge in [0.15, 0.2) is 0 Å². The van der Waals surface area contributed by atoms with Crippen LogP contribution < -0.4 is 0 Å². The summed E-state index contributed by atoms with van der Waals surface area (Å²) in [5.74, 6) is 0.252. The van der Waals surface area contributed by atoms with Crippen LogP contribution in [0.15, 0.2) is 78.4 Å². The fraction of sp³-hybridized carbons (Fsp3) is 0.154. The SMILES string of the molecule is CC(C)=CCCc1ccc2cc(O)c(-c3cc4ccccc4cc3Cl)cc2c1. The molecule has 1 N–H and O–H groups in total. The molecule has 0 saturated heterocycles. The second-order valence-electron chi connectivity index (χ2n) is 7.55. The van der Waals surface area contributed by atoms with Gasteiger partial charge in [0.05, 0.1) is 0 Å². The van der Waals surface area contributed by atoms with E-state index < -0.39 is 0 Å². The smallest absolute Gasteiger partial charge is 0.124 e. The first-order chi connectivity index (χ1) is 13.5. The van der Waals surface area contributed by atoms with Gasteiger partial charge in [0.25, 0.3) is 0 Å². The van der Waals surface area contributed by atoms with Crippen LogP contribution in [0.25, 0.3) is 32.7 Å². The molecular formula is C26H23ClO. The average molecular weight is 387 g/mol. The normalized spacial score (nSPS) is 11.1. The summed E-state index contributed by atoms with van der Waals surface area (Å²) in [6, 6.07) is 22.5. The van der Waals surface area contributed by atoms with Gasteiger partial charge in [0.1, 0.15) is 5.75 Å². The zero-order valence-corrected chi connectivity index (χ0v) is 16.9. The minimum atomic E-state index is 0.252. The van der Waals surface area contributed by atoms with Gasteiger partial charge in [-0.15, -0.1) is 0 Å². The Morgan fingerprint density at radius 1 is 0.821 bits per heavy atom. The number of phenols is 1. The molecule has 0 saturated carbocycles. The van der Waals surface area contributed by atoms with Gasteiger partial charge >= 0.3 is 0 Å². The summed E-state index contributed by atoms with van der Waals surface area (Å²) in [6.07, 6.45) is 4.31. The molecule has 0 aliphatic rings. The molecule has 4 aromatic carbocycles. The Morgan fingerprint density at radius 3 is 2.25 bits per heavy atom. The molecule has 0 spiro atoms. The summed E-state index contributed by atoms with van der Waals surface area (Å²) in [5, 5.41) is 15.7. The molecule has 0 heterocycles. The number of rotatable bonds is 4. The van der Waals surface area contributed by atoms with E-state index in [0.717, 1.165) is 45.5 Å². The first kappa shape index (κ1) is 18.6. The second-order valence-corrected chi connectivity index (χ2v) is 7.96. The van der Waals surface area contributed by atoms with Gasteiger partial charge in [-0.2, -0.15) is 0 Å². The Bertz CT molecular complexity index is 1200. The number of fused-ring (bicyclic) bond motifs is 2. The number of allylic oxidation sites excluding steroid dienone is 2. The van der Waals surface area contributed by atoms with Crippen LogP contribution in [0.5, 0.6) is 5.75 Å². The number of hydrogen-bond acceptors (Lipinski definition) is 1. The summed E-state index contributed by atoms with van der Waals surface area (Å²) < 4.78 is 0. The third-order valence-electron chi connectivity index (χ3n) is 5.13. The van der Waals surface area contributed by atoms with E-state index in [2.05, 4.69) is 50.3 Å². The lowest BCUT2D eigenvalue weighted by Crippen LogP contribution is -1.87. The van der Waals surface area contributed by atoms with Crippen molar-refractivity contribution >= 4 is 33.1 Å². The largest absolute Gasteiger partial charge is 0.507 e. The molecule has 1 nitrogen and oxygen atoms in total. The number of aryl methyl sites for hydroxylation is 1. The zero-order valence-electron chi connectivity index (χ0n) is 16.2. The van der Waals surface area contributed by atoms with E-state index >= 15 is 0 Å². The van der Waals surface area contributed by atoms with Crippen LogP contribution in [0.4, 0.5) is 0 Å². The number of hydrogen-bond donors (Lipinski definition) is 1. The predicted molar refractivity (Wildman–Crippen MR) is 121 cm³/mol. The maximum Gasteiger partial charge on any atom is 0.124 e. The number of benzene rings is 4. The van der Waals surface area contributed by atoms with E-state index in [1.54, 1.807) is 0 Å². The molecule has 0 atom stereocenters. The first-order valence-corrected chi connectivity index (χ1v) is 9.97. The summed E-state index contributed by atoms with van der Waals surface area (Å²) in [4.78, 5) is 0. The van der Waals surface area contributed by atoms with E-state index in [1.807, 2.05) is 36.4 Å². The fourth-order valence-electron chi connectivity index (χ4n) is 3.65. The standard InChI is InChI=1S/C26H23ClO/c1-17(2)6-5-7-18-10-11-21-16-26(28)24(14-22(21)12-18)23-13-19-8-3-4-9-20(19)15-25(23)27/h3-4,6,8-16,28H,5,7H2,1-2H3. The number of halogens is 1.